The van der Waals surface area contributed by atoms with Crippen LogP contribution in [0.2, 0.25) is 0 Å². The monoisotopic (exact) mass is 224 g/mol. The fraction of sp³-hybridized carbons (Fsp3) is 1.00. The van der Waals surface area contributed by atoms with Crippen molar-refractivity contribution < 1.29 is 0 Å². The first kappa shape index (κ1) is 12.4. The average molecular weight is 224 g/mol. The second-order valence-corrected chi connectivity index (χ2v) is 6.13. The van der Waals surface area contributed by atoms with Gasteiger partial charge < -0.3 is 10.2 Å². The van der Waals surface area contributed by atoms with Gasteiger partial charge >= 0.3 is 0 Å². The molecule has 0 amide bonds. The van der Waals surface area contributed by atoms with Crippen LogP contribution in [0.15, 0.2) is 0 Å². The second-order valence-electron chi connectivity index (χ2n) is 6.13. The smallest absolute Gasteiger partial charge is 0.00476 e. The van der Waals surface area contributed by atoms with Crippen molar-refractivity contribution in [3.8, 4) is 0 Å². The van der Waals surface area contributed by atoms with E-state index in [4.69, 9.17) is 0 Å². The topological polar surface area (TPSA) is 15.3 Å². The first-order valence-corrected chi connectivity index (χ1v) is 7.13. The molecule has 1 saturated heterocycles. The van der Waals surface area contributed by atoms with E-state index in [2.05, 4.69) is 24.2 Å². The fourth-order valence-electron chi connectivity index (χ4n) is 3.61. The van der Waals surface area contributed by atoms with Crippen molar-refractivity contribution in [1.82, 2.24) is 10.2 Å². The Kier molecular flexibility index (Phi) is 4.26. The van der Waals surface area contributed by atoms with Gasteiger partial charge in [0.2, 0.25) is 0 Å². The van der Waals surface area contributed by atoms with E-state index in [0.29, 0.717) is 5.41 Å². The Labute approximate surface area is 101 Å². The van der Waals surface area contributed by atoms with Gasteiger partial charge in [-0.05, 0) is 50.6 Å². The predicted octanol–water partition coefficient (Wildman–Crippen LogP) is 2.50. The van der Waals surface area contributed by atoms with E-state index < -0.39 is 0 Å². The molecule has 2 aliphatic rings. The molecule has 0 aromatic rings. The largest absolute Gasteiger partial charge is 0.316 e. The molecule has 94 valence electrons. The van der Waals surface area contributed by atoms with E-state index in [9.17, 15) is 0 Å². The Hall–Kier alpha value is -0.0800. The third-order valence-corrected chi connectivity index (χ3v) is 4.73. The summed E-state index contributed by atoms with van der Waals surface area (Å²) in [6.07, 6.45) is 8.59. The van der Waals surface area contributed by atoms with Gasteiger partial charge in [-0.3, -0.25) is 0 Å². The highest BCUT2D eigenvalue weighted by molar-refractivity contribution is 4.89. The lowest BCUT2D eigenvalue weighted by Gasteiger charge is -2.33. The van der Waals surface area contributed by atoms with Crippen LogP contribution >= 0.6 is 0 Å². The van der Waals surface area contributed by atoms with Gasteiger partial charge in [-0.2, -0.15) is 0 Å². The van der Waals surface area contributed by atoms with Crippen molar-refractivity contribution >= 4 is 0 Å². The molecule has 1 heterocycles. The van der Waals surface area contributed by atoms with E-state index in [-0.39, 0.29) is 0 Å². The summed E-state index contributed by atoms with van der Waals surface area (Å²) < 4.78 is 0. The summed E-state index contributed by atoms with van der Waals surface area (Å²) in [7, 11) is 2.33. The van der Waals surface area contributed by atoms with Gasteiger partial charge in [0.25, 0.3) is 0 Å². The van der Waals surface area contributed by atoms with Crippen LogP contribution in [0.5, 0.6) is 0 Å². The van der Waals surface area contributed by atoms with Gasteiger partial charge in [0.15, 0.2) is 0 Å². The number of nitrogens with one attached hydrogen (secondary N) is 1. The highest BCUT2D eigenvalue weighted by Gasteiger charge is 2.33. The molecule has 1 saturated carbocycles. The molecule has 1 atom stereocenters. The van der Waals surface area contributed by atoms with Crippen LogP contribution in [0.1, 0.15) is 45.4 Å². The van der Waals surface area contributed by atoms with Gasteiger partial charge in [0.05, 0.1) is 0 Å². The number of hydrogen-bond acceptors (Lipinski definition) is 2. The second kappa shape index (κ2) is 5.50. The summed E-state index contributed by atoms with van der Waals surface area (Å²) in [6, 6.07) is 0. The average Bonchev–Trinajstić information content (AvgIpc) is 2.90. The molecule has 2 nitrogen and oxygen atoms in total. The molecule has 1 aliphatic carbocycles. The van der Waals surface area contributed by atoms with Crippen molar-refractivity contribution in [2.45, 2.75) is 45.4 Å². The standard InChI is InChI=1S/C14H28N2/c1-3-14(8-9-15-11-14)12-16(2)10-13-6-4-5-7-13/h13,15H,3-12H2,1-2H3. The number of hydrogen-bond donors (Lipinski definition) is 1. The Balaban J connectivity index is 1.78. The fourth-order valence-corrected chi connectivity index (χ4v) is 3.61. The SMILES string of the molecule is CCC1(CN(C)CC2CCCC2)CCNC1. The minimum Gasteiger partial charge on any atom is -0.316 e. The van der Waals surface area contributed by atoms with Crippen molar-refractivity contribution in [2.24, 2.45) is 11.3 Å². The summed E-state index contributed by atoms with van der Waals surface area (Å²) in [5.41, 5.74) is 0.577. The quantitative estimate of drug-likeness (QED) is 0.772. The van der Waals surface area contributed by atoms with Gasteiger partial charge in [0, 0.05) is 19.6 Å². The molecule has 2 heteroatoms. The lowest BCUT2D eigenvalue weighted by molar-refractivity contribution is 0.166. The Morgan fingerprint density at radius 1 is 1.31 bits per heavy atom. The molecule has 1 N–H and O–H groups in total. The normalized spacial score (nSPS) is 31.7. The Bertz CT molecular complexity index is 203. The maximum Gasteiger partial charge on any atom is 0.00476 e. The summed E-state index contributed by atoms with van der Waals surface area (Å²) in [5, 5.41) is 3.54. The van der Waals surface area contributed by atoms with E-state index in [1.54, 1.807) is 0 Å². The highest BCUT2D eigenvalue weighted by Crippen LogP contribution is 2.31. The lowest BCUT2D eigenvalue weighted by atomic mass is 9.83. The molecule has 0 spiro atoms. The maximum absolute atomic E-state index is 3.54. The molecule has 1 aliphatic heterocycles. The zero-order chi connectivity index (χ0) is 11.4. The molecule has 2 fully saturated rings. The van der Waals surface area contributed by atoms with E-state index >= 15 is 0 Å². The molecule has 2 rings (SSSR count). The Morgan fingerprint density at radius 2 is 2.06 bits per heavy atom. The van der Waals surface area contributed by atoms with Crippen molar-refractivity contribution in [1.29, 1.82) is 0 Å². The van der Waals surface area contributed by atoms with Crippen LogP contribution in [0.4, 0.5) is 0 Å². The molecule has 16 heavy (non-hydrogen) atoms. The van der Waals surface area contributed by atoms with Crippen LogP contribution in [0.3, 0.4) is 0 Å². The van der Waals surface area contributed by atoms with Crippen LogP contribution in [0.25, 0.3) is 0 Å². The summed E-state index contributed by atoms with van der Waals surface area (Å²) in [5.74, 6) is 0.994. The van der Waals surface area contributed by atoms with Gasteiger partial charge in [-0.1, -0.05) is 19.8 Å². The molecular formula is C14H28N2. The van der Waals surface area contributed by atoms with Gasteiger partial charge in [0.1, 0.15) is 0 Å². The summed E-state index contributed by atoms with van der Waals surface area (Å²) >= 11 is 0. The molecule has 0 bridgehead atoms. The van der Waals surface area contributed by atoms with Crippen LogP contribution in [-0.2, 0) is 0 Å². The van der Waals surface area contributed by atoms with Crippen molar-refractivity contribution in [2.75, 3.05) is 33.2 Å². The van der Waals surface area contributed by atoms with Crippen LogP contribution < -0.4 is 5.32 Å². The van der Waals surface area contributed by atoms with Crippen molar-refractivity contribution in [3.63, 3.8) is 0 Å². The minimum absolute atomic E-state index is 0.577. The molecule has 0 aromatic carbocycles. The van der Waals surface area contributed by atoms with E-state index in [0.717, 1.165) is 5.92 Å². The summed E-state index contributed by atoms with van der Waals surface area (Å²) in [4.78, 5) is 2.60. The third kappa shape index (κ3) is 2.98. The minimum atomic E-state index is 0.577. The number of rotatable bonds is 5. The zero-order valence-electron chi connectivity index (χ0n) is 11.1. The molecular weight excluding hydrogens is 196 g/mol. The summed E-state index contributed by atoms with van der Waals surface area (Å²) in [6.45, 7) is 7.45. The lowest BCUT2D eigenvalue weighted by Crippen LogP contribution is -2.38. The first-order valence-electron chi connectivity index (χ1n) is 7.13. The predicted molar refractivity (Wildman–Crippen MR) is 69.7 cm³/mol. The van der Waals surface area contributed by atoms with Crippen molar-refractivity contribution in [3.05, 3.63) is 0 Å². The maximum atomic E-state index is 3.54. The molecule has 0 aromatic heterocycles. The zero-order valence-corrected chi connectivity index (χ0v) is 11.1. The highest BCUT2D eigenvalue weighted by atomic mass is 15.1. The first-order chi connectivity index (χ1) is 7.74. The third-order valence-electron chi connectivity index (χ3n) is 4.73. The van der Waals surface area contributed by atoms with Gasteiger partial charge in [-0.15, -0.1) is 0 Å². The molecule has 0 radical (unpaired) electrons. The molecule has 1 unspecified atom stereocenters. The number of nitrogens with zero attached hydrogens (tertiary/aromatic N) is 1. The van der Waals surface area contributed by atoms with Crippen LogP contribution in [-0.4, -0.2) is 38.1 Å². The van der Waals surface area contributed by atoms with Gasteiger partial charge in [-0.25, -0.2) is 0 Å². The van der Waals surface area contributed by atoms with E-state index in [1.807, 2.05) is 0 Å². The van der Waals surface area contributed by atoms with E-state index in [1.165, 1.54) is 64.7 Å². The van der Waals surface area contributed by atoms with Crippen LogP contribution in [0, 0.1) is 11.3 Å². The Morgan fingerprint density at radius 3 is 2.62 bits per heavy atom.